The monoisotopic (exact) mass is 341 g/mol. The third-order valence-electron chi connectivity index (χ3n) is 3.58. The number of carbonyl (C=O) groups is 1. The van der Waals surface area contributed by atoms with Crippen molar-refractivity contribution in [2.75, 3.05) is 0 Å². The fourth-order valence-corrected chi connectivity index (χ4v) is 2.30. The third-order valence-corrected chi connectivity index (χ3v) is 3.83. The molecule has 3 aromatic rings. The summed E-state index contributed by atoms with van der Waals surface area (Å²) < 4.78 is 5.27. The first-order chi connectivity index (χ1) is 11.5. The number of nitrogens with one attached hydrogen (secondary N) is 1. The summed E-state index contributed by atoms with van der Waals surface area (Å²) in [6.07, 6.45) is 0. The summed E-state index contributed by atoms with van der Waals surface area (Å²) >= 11 is 5.82. The van der Waals surface area contributed by atoms with Crippen LogP contribution in [-0.4, -0.2) is 16.0 Å². The van der Waals surface area contributed by atoms with E-state index >= 15 is 0 Å². The van der Waals surface area contributed by atoms with Crippen LogP contribution in [0.5, 0.6) is 0 Å². The SMILES string of the molecule is Cc1ccc(-c2noc(C(C)NC(=O)c3ccc(Cl)cc3)n2)cc1. The van der Waals surface area contributed by atoms with Gasteiger partial charge in [-0.3, -0.25) is 4.79 Å². The van der Waals surface area contributed by atoms with Gasteiger partial charge in [0.15, 0.2) is 0 Å². The van der Waals surface area contributed by atoms with Crippen LogP contribution < -0.4 is 5.32 Å². The van der Waals surface area contributed by atoms with Crippen LogP contribution in [0.1, 0.15) is 34.8 Å². The quantitative estimate of drug-likeness (QED) is 0.772. The Morgan fingerprint density at radius 3 is 2.46 bits per heavy atom. The van der Waals surface area contributed by atoms with Crippen molar-refractivity contribution in [3.63, 3.8) is 0 Å². The minimum absolute atomic E-state index is 0.228. The Labute approximate surface area is 144 Å². The highest BCUT2D eigenvalue weighted by atomic mass is 35.5. The zero-order chi connectivity index (χ0) is 17.1. The first kappa shape index (κ1) is 16.2. The van der Waals surface area contributed by atoms with Crippen LogP contribution >= 0.6 is 11.6 Å². The van der Waals surface area contributed by atoms with Crippen LogP contribution in [-0.2, 0) is 0 Å². The van der Waals surface area contributed by atoms with E-state index in [1.165, 1.54) is 0 Å². The molecule has 0 spiro atoms. The molecular weight excluding hydrogens is 326 g/mol. The van der Waals surface area contributed by atoms with Crippen molar-refractivity contribution in [1.29, 1.82) is 0 Å². The Morgan fingerprint density at radius 2 is 1.79 bits per heavy atom. The smallest absolute Gasteiger partial charge is 0.251 e. The van der Waals surface area contributed by atoms with Gasteiger partial charge in [0.25, 0.3) is 5.91 Å². The second-order valence-electron chi connectivity index (χ2n) is 5.52. The maximum Gasteiger partial charge on any atom is 0.251 e. The van der Waals surface area contributed by atoms with Crippen molar-refractivity contribution in [2.45, 2.75) is 19.9 Å². The Balaban J connectivity index is 1.71. The van der Waals surface area contributed by atoms with Crippen LogP contribution in [0, 0.1) is 6.92 Å². The Kier molecular flexibility index (Phi) is 4.62. The van der Waals surface area contributed by atoms with Gasteiger partial charge in [-0.1, -0.05) is 46.6 Å². The summed E-state index contributed by atoms with van der Waals surface area (Å²) in [6, 6.07) is 14.1. The van der Waals surface area contributed by atoms with Gasteiger partial charge in [-0.15, -0.1) is 0 Å². The molecule has 122 valence electrons. The minimum atomic E-state index is -0.403. The number of halogens is 1. The average Bonchev–Trinajstić information content (AvgIpc) is 3.06. The van der Waals surface area contributed by atoms with E-state index < -0.39 is 6.04 Å². The molecule has 0 fully saturated rings. The molecule has 1 atom stereocenters. The maximum atomic E-state index is 12.2. The third kappa shape index (κ3) is 3.63. The topological polar surface area (TPSA) is 68.0 Å². The van der Waals surface area contributed by atoms with Gasteiger partial charge in [0.2, 0.25) is 11.7 Å². The maximum absolute atomic E-state index is 12.2. The Hall–Kier alpha value is -2.66. The van der Waals surface area contributed by atoms with E-state index in [0.717, 1.165) is 11.1 Å². The van der Waals surface area contributed by atoms with E-state index in [1.54, 1.807) is 31.2 Å². The second kappa shape index (κ2) is 6.84. The predicted octanol–water partition coefficient (Wildman–Crippen LogP) is 4.19. The highest BCUT2D eigenvalue weighted by Crippen LogP contribution is 2.19. The number of hydrogen-bond acceptors (Lipinski definition) is 4. The summed E-state index contributed by atoms with van der Waals surface area (Å²) in [7, 11) is 0. The van der Waals surface area contributed by atoms with Crippen molar-refractivity contribution in [3.05, 3.63) is 70.6 Å². The van der Waals surface area contributed by atoms with Crippen molar-refractivity contribution in [3.8, 4) is 11.4 Å². The van der Waals surface area contributed by atoms with E-state index in [4.69, 9.17) is 16.1 Å². The number of aryl methyl sites for hydroxylation is 1. The lowest BCUT2D eigenvalue weighted by Gasteiger charge is -2.09. The minimum Gasteiger partial charge on any atom is -0.341 e. The molecule has 24 heavy (non-hydrogen) atoms. The van der Waals surface area contributed by atoms with Gasteiger partial charge in [0.1, 0.15) is 6.04 Å². The number of rotatable bonds is 4. The average molecular weight is 342 g/mol. The van der Waals surface area contributed by atoms with Crippen molar-refractivity contribution >= 4 is 17.5 Å². The van der Waals surface area contributed by atoms with E-state index in [-0.39, 0.29) is 5.91 Å². The molecule has 1 heterocycles. The van der Waals surface area contributed by atoms with Gasteiger partial charge in [-0.05, 0) is 38.1 Å². The van der Waals surface area contributed by atoms with Crippen LogP contribution in [0.15, 0.2) is 53.1 Å². The zero-order valence-corrected chi connectivity index (χ0v) is 14.0. The lowest BCUT2D eigenvalue weighted by molar-refractivity contribution is 0.0932. The summed E-state index contributed by atoms with van der Waals surface area (Å²) in [6.45, 7) is 3.81. The highest BCUT2D eigenvalue weighted by molar-refractivity contribution is 6.30. The van der Waals surface area contributed by atoms with E-state index in [0.29, 0.717) is 22.3 Å². The van der Waals surface area contributed by atoms with Gasteiger partial charge >= 0.3 is 0 Å². The lowest BCUT2D eigenvalue weighted by atomic mass is 10.1. The molecule has 1 amide bonds. The second-order valence-corrected chi connectivity index (χ2v) is 5.96. The molecule has 0 aliphatic heterocycles. The predicted molar refractivity (Wildman–Crippen MR) is 91.8 cm³/mol. The molecule has 0 radical (unpaired) electrons. The fraction of sp³-hybridized carbons (Fsp3) is 0.167. The number of amides is 1. The Bertz CT molecular complexity index is 841. The van der Waals surface area contributed by atoms with Gasteiger partial charge in [-0.25, -0.2) is 0 Å². The largest absolute Gasteiger partial charge is 0.341 e. The first-order valence-corrected chi connectivity index (χ1v) is 7.88. The molecule has 0 bridgehead atoms. The van der Waals surface area contributed by atoms with Crippen molar-refractivity contribution in [1.82, 2.24) is 15.5 Å². The summed E-state index contributed by atoms with van der Waals surface area (Å²) in [5, 5.41) is 7.38. The molecule has 0 saturated heterocycles. The molecule has 0 aliphatic rings. The summed E-state index contributed by atoms with van der Waals surface area (Å²) in [4.78, 5) is 16.6. The molecule has 0 saturated carbocycles. The molecule has 2 aromatic carbocycles. The van der Waals surface area contributed by atoms with Gasteiger partial charge in [-0.2, -0.15) is 4.98 Å². The van der Waals surface area contributed by atoms with Crippen LogP contribution in [0.3, 0.4) is 0 Å². The van der Waals surface area contributed by atoms with Crippen LogP contribution in [0.2, 0.25) is 5.02 Å². The van der Waals surface area contributed by atoms with Crippen LogP contribution in [0.4, 0.5) is 0 Å². The summed E-state index contributed by atoms with van der Waals surface area (Å²) in [5.41, 5.74) is 2.54. The van der Waals surface area contributed by atoms with Crippen LogP contribution in [0.25, 0.3) is 11.4 Å². The standard InChI is InChI=1S/C18H16ClN3O2/c1-11-3-5-13(6-4-11)16-21-18(24-22-16)12(2)20-17(23)14-7-9-15(19)10-8-14/h3-10,12H,1-2H3,(H,20,23). The van der Waals surface area contributed by atoms with E-state index in [1.807, 2.05) is 31.2 Å². The number of nitrogens with zero attached hydrogens (tertiary/aromatic N) is 2. The van der Waals surface area contributed by atoms with E-state index in [9.17, 15) is 4.79 Å². The normalized spacial score (nSPS) is 12.0. The summed E-state index contributed by atoms with van der Waals surface area (Å²) in [5.74, 6) is 0.625. The molecule has 1 aromatic heterocycles. The zero-order valence-electron chi connectivity index (χ0n) is 13.3. The molecule has 3 rings (SSSR count). The molecule has 1 N–H and O–H groups in total. The number of hydrogen-bond donors (Lipinski definition) is 1. The number of benzene rings is 2. The van der Waals surface area contributed by atoms with Gasteiger partial charge < -0.3 is 9.84 Å². The molecule has 0 aliphatic carbocycles. The van der Waals surface area contributed by atoms with Gasteiger partial charge in [0, 0.05) is 16.1 Å². The van der Waals surface area contributed by atoms with Gasteiger partial charge in [0.05, 0.1) is 0 Å². The molecule has 1 unspecified atom stereocenters. The first-order valence-electron chi connectivity index (χ1n) is 7.50. The molecule has 6 heteroatoms. The molecular formula is C18H16ClN3O2. The van der Waals surface area contributed by atoms with Crippen molar-refractivity contribution in [2.24, 2.45) is 0 Å². The fourth-order valence-electron chi connectivity index (χ4n) is 2.17. The number of aromatic nitrogens is 2. The van der Waals surface area contributed by atoms with Crippen molar-refractivity contribution < 1.29 is 9.32 Å². The van der Waals surface area contributed by atoms with E-state index in [2.05, 4.69) is 15.5 Å². The highest BCUT2D eigenvalue weighted by Gasteiger charge is 2.18. The number of carbonyl (C=O) groups excluding carboxylic acids is 1. The Morgan fingerprint density at radius 1 is 1.12 bits per heavy atom. The lowest BCUT2D eigenvalue weighted by Crippen LogP contribution is -2.26. The molecule has 5 nitrogen and oxygen atoms in total.